The van der Waals surface area contributed by atoms with Crippen molar-refractivity contribution < 1.29 is 9.53 Å². The van der Waals surface area contributed by atoms with E-state index in [-0.39, 0.29) is 12.0 Å². The number of hydrogen-bond acceptors (Lipinski definition) is 2. The van der Waals surface area contributed by atoms with E-state index in [1.807, 2.05) is 6.92 Å². The summed E-state index contributed by atoms with van der Waals surface area (Å²) in [5.74, 6) is 0.115. The monoisotopic (exact) mass is 171 g/mol. The number of nitrogens with one attached hydrogen (secondary N) is 1. The Bertz CT molecular complexity index is 141. The molecule has 0 aromatic heterocycles. The van der Waals surface area contributed by atoms with Gasteiger partial charge >= 0.3 is 0 Å². The van der Waals surface area contributed by atoms with E-state index in [2.05, 4.69) is 5.32 Å². The fourth-order valence-corrected chi connectivity index (χ4v) is 1.32. The lowest BCUT2D eigenvalue weighted by molar-refractivity contribution is -0.121. The maximum atomic E-state index is 10.9. The highest BCUT2D eigenvalue weighted by Gasteiger charge is 2.13. The van der Waals surface area contributed by atoms with Crippen LogP contribution in [-0.2, 0) is 9.53 Å². The molecule has 3 nitrogen and oxygen atoms in total. The van der Waals surface area contributed by atoms with Gasteiger partial charge in [0.15, 0.2) is 0 Å². The van der Waals surface area contributed by atoms with Crippen molar-refractivity contribution in [1.29, 1.82) is 0 Å². The second kappa shape index (κ2) is 5.14. The van der Waals surface area contributed by atoms with Gasteiger partial charge in [0.05, 0.1) is 6.10 Å². The quantitative estimate of drug-likeness (QED) is 0.690. The minimum absolute atomic E-state index is 0.115. The van der Waals surface area contributed by atoms with E-state index in [1.165, 1.54) is 6.42 Å². The Morgan fingerprint density at radius 2 is 2.42 bits per heavy atom. The van der Waals surface area contributed by atoms with E-state index in [0.717, 1.165) is 19.4 Å². The van der Waals surface area contributed by atoms with Gasteiger partial charge < -0.3 is 10.1 Å². The summed E-state index contributed by atoms with van der Waals surface area (Å²) < 4.78 is 5.46. The topological polar surface area (TPSA) is 38.3 Å². The van der Waals surface area contributed by atoms with Gasteiger partial charge in [0.2, 0.25) is 5.91 Å². The summed E-state index contributed by atoms with van der Waals surface area (Å²) in [4.78, 5) is 10.9. The van der Waals surface area contributed by atoms with Crippen LogP contribution in [-0.4, -0.2) is 25.2 Å². The van der Waals surface area contributed by atoms with Crippen molar-refractivity contribution in [3.05, 3.63) is 0 Å². The van der Waals surface area contributed by atoms with Gasteiger partial charge in [0.25, 0.3) is 0 Å². The van der Waals surface area contributed by atoms with Crippen molar-refractivity contribution in [3.63, 3.8) is 0 Å². The third-order valence-corrected chi connectivity index (χ3v) is 2.12. The SMILES string of the molecule is CCC(=O)NCC1CCCCO1. The lowest BCUT2D eigenvalue weighted by Crippen LogP contribution is -2.34. The molecule has 1 N–H and O–H groups in total. The number of carbonyl (C=O) groups is 1. The average molecular weight is 171 g/mol. The molecule has 12 heavy (non-hydrogen) atoms. The Kier molecular flexibility index (Phi) is 4.08. The molecule has 0 bridgehead atoms. The Hall–Kier alpha value is -0.570. The summed E-state index contributed by atoms with van der Waals surface area (Å²) >= 11 is 0. The van der Waals surface area contributed by atoms with Crippen LogP contribution in [0.3, 0.4) is 0 Å². The van der Waals surface area contributed by atoms with Crippen molar-refractivity contribution in [2.75, 3.05) is 13.2 Å². The van der Waals surface area contributed by atoms with Gasteiger partial charge in [0.1, 0.15) is 0 Å². The molecule has 0 aliphatic carbocycles. The predicted octanol–water partition coefficient (Wildman–Crippen LogP) is 1.08. The molecule has 1 rings (SSSR count). The second-order valence-electron chi connectivity index (χ2n) is 3.15. The number of amides is 1. The molecule has 0 spiro atoms. The van der Waals surface area contributed by atoms with Crippen molar-refractivity contribution >= 4 is 5.91 Å². The van der Waals surface area contributed by atoms with E-state index < -0.39 is 0 Å². The van der Waals surface area contributed by atoms with Crippen LogP contribution in [0.25, 0.3) is 0 Å². The van der Waals surface area contributed by atoms with Gasteiger partial charge in [-0.3, -0.25) is 4.79 Å². The summed E-state index contributed by atoms with van der Waals surface area (Å²) in [5, 5.41) is 2.84. The molecule has 1 aliphatic rings. The van der Waals surface area contributed by atoms with E-state index in [1.54, 1.807) is 0 Å². The highest BCUT2D eigenvalue weighted by molar-refractivity contribution is 5.75. The van der Waals surface area contributed by atoms with Crippen molar-refractivity contribution in [1.82, 2.24) is 5.32 Å². The standard InChI is InChI=1S/C9H17NO2/c1-2-9(11)10-7-8-5-3-4-6-12-8/h8H,2-7H2,1H3,(H,10,11). The molecule has 0 radical (unpaired) electrons. The van der Waals surface area contributed by atoms with E-state index >= 15 is 0 Å². The summed E-state index contributed by atoms with van der Waals surface area (Å²) in [6, 6.07) is 0. The number of hydrogen-bond donors (Lipinski definition) is 1. The molecule has 1 atom stereocenters. The smallest absolute Gasteiger partial charge is 0.219 e. The molecule has 1 heterocycles. The van der Waals surface area contributed by atoms with Crippen LogP contribution in [0.2, 0.25) is 0 Å². The summed E-state index contributed by atoms with van der Waals surface area (Å²) in [6.07, 6.45) is 4.30. The average Bonchev–Trinajstić information content (AvgIpc) is 2.16. The van der Waals surface area contributed by atoms with E-state index in [0.29, 0.717) is 13.0 Å². The minimum Gasteiger partial charge on any atom is -0.376 e. The lowest BCUT2D eigenvalue weighted by atomic mass is 10.1. The number of rotatable bonds is 3. The molecular formula is C9H17NO2. The van der Waals surface area contributed by atoms with Gasteiger partial charge in [-0.1, -0.05) is 6.92 Å². The molecule has 1 amide bonds. The van der Waals surface area contributed by atoms with Crippen LogP contribution >= 0.6 is 0 Å². The largest absolute Gasteiger partial charge is 0.376 e. The van der Waals surface area contributed by atoms with Gasteiger partial charge in [-0.15, -0.1) is 0 Å². The first kappa shape index (κ1) is 9.52. The predicted molar refractivity (Wildman–Crippen MR) is 46.9 cm³/mol. The molecule has 1 aliphatic heterocycles. The van der Waals surface area contributed by atoms with Crippen molar-refractivity contribution in [2.45, 2.75) is 38.7 Å². The fourth-order valence-electron chi connectivity index (χ4n) is 1.32. The van der Waals surface area contributed by atoms with Crippen LogP contribution in [0.15, 0.2) is 0 Å². The Balaban J connectivity index is 2.09. The molecule has 0 saturated carbocycles. The third kappa shape index (κ3) is 3.22. The number of ether oxygens (including phenoxy) is 1. The Labute approximate surface area is 73.5 Å². The van der Waals surface area contributed by atoms with E-state index in [4.69, 9.17) is 4.74 Å². The summed E-state index contributed by atoms with van der Waals surface area (Å²) in [7, 11) is 0. The van der Waals surface area contributed by atoms with Gasteiger partial charge in [-0.2, -0.15) is 0 Å². The van der Waals surface area contributed by atoms with Crippen LogP contribution in [0.1, 0.15) is 32.6 Å². The minimum atomic E-state index is 0.115. The molecule has 3 heteroatoms. The van der Waals surface area contributed by atoms with Crippen LogP contribution in [0, 0.1) is 0 Å². The van der Waals surface area contributed by atoms with Gasteiger partial charge in [-0.25, -0.2) is 0 Å². The fraction of sp³-hybridized carbons (Fsp3) is 0.889. The molecule has 70 valence electrons. The van der Waals surface area contributed by atoms with E-state index in [9.17, 15) is 4.79 Å². The zero-order valence-corrected chi connectivity index (χ0v) is 7.64. The Morgan fingerprint density at radius 1 is 1.58 bits per heavy atom. The molecule has 0 aromatic rings. The molecule has 0 aromatic carbocycles. The second-order valence-corrected chi connectivity index (χ2v) is 3.15. The molecule has 1 saturated heterocycles. The summed E-state index contributed by atoms with van der Waals surface area (Å²) in [6.45, 7) is 3.40. The lowest BCUT2D eigenvalue weighted by Gasteiger charge is -2.22. The normalized spacial score (nSPS) is 23.6. The van der Waals surface area contributed by atoms with Crippen LogP contribution in [0.5, 0.6) is 0 Å². The zero-order valence-electron chi connectivity index (χ0n) is 7.64. The van der Waals surface area contributed by atoms with Crippen LogP contribution in [0.4, 0.5) is 0 Å². The molecule has 1 unspecified atom stereocenters. The first-order valence-electron chi connectivity index (χ1n) is 4.71. The Morgan fingerprint density at radius 3 is 3.00 bits per heavy atom. The third-order valence-electron chi connectivity index (χ3n) is 2.12. The highest BCUT2D eigenvalue weighted by Crippen LogP contribution is 2.11. The molecule has 1 fully saturated rings. The maximum Gasteiger partial charge on any atom is 0.219 e. The first-order valence-corrected chi connectivity index (χ1v) is 4.71. The van der Waals surface area contributed by atoms with Gasteiger partial charge in [-0.05, 0) is 19.3 Å². The highest BCUT2D eigenvalue weighted by atomic mass is 16.5. The van der Waals surface area contributed by atoms with Crippen molar-refractivity contribution in [3.8, 4) is 0 Å². The zero-order chi connectivity index (χ0) is 8.81. The maximum absolute atomic E-state index is 10.9. The number of carbonyl (C=O) groups excluding carboxylic acids is 1. The summed E-state index contributed by atoms with van der Waals surface area (Å²) in [5.41, 5.74) is 0. The van der Waals surface area contributed by atoms with Crippen LogP contribution < -0.4 is 5.32 Å². The van der Waals surface area contributed by atoms with Crippen molar-refractivity contribution in [2.24, 2.45) is 0 Å². The first-order chi connectivity index (χ1) is 5.83. The molecular weight excluding hydrogens is 154 g/mol. The van der Waals surface area contributed by atoms with Gasteiger partial charge in [0, 0.05) is 19.6 Å².